The largest absolute Gasteiger partial charge is 0.301 e. The van der Waals surface area contributed by atoms with Gasteiger partial charge in [0.1, 0.15) is 10.4 Å². The van der Waals surface area contributed by atoms with Crippen molar-refractivity contribution in [1.82, 2.24) is 9.97 Å². The van der Waals surface area contributed by atoms with Crippen LogP contribution in [0.5, 0.6) is 0 Å². The van der Waals surface area contributed by atoms with Crippen molar-refractivity contribution in [3.8, 4) is 11.4 Å². The number of sulfone groups is 1. The van der Waals surface area contributed by atoms with E-state index in [4.69, 9.17) is 0 Å². The second-order valence-corrected chi connectivity index (χ2v) is 9.72. The number of amides is 1. The van der Waals surface area contributed by atoms with E-state index in [0.717, 1.165) is 0 Å². The fourth-order valence-corrected chi connectivity index (χ4v) is 4.12. The highest BCUT2D eigenvalue weighted by Gasteiger charge is 2.43. The molecule has 0 radical (unpaired) electrons. The minimum absolute atomic E-state index is 0.350. The third-order valence-electron chi connectivity index (χ3n) is 3.53. The van der Waals surface area contributed by atoms with Gasteiger partial charge in [-0.25, -0.2) is 13.4 Å². The van der Waals surface area contributed by atoms with E-state index in [9.17, 15) is 13.2 Å². The summed E-state index contributed by atoms with van der Waals surface area (Å²) in [4.78, 5) is 20.9. The van der Waals surface area contributed by atoms with E-state index < -0.39 is 25.7 Å². The highest BCUT2D eigenvalue weighted by molar-refractivity contribution is 7.94. The van der Waals surface area contributed by atoms with Gasteiger partial charge in [-0.05, 0) is 39.8 Å². The lowest BCUT2D eigenvalue weighted by Gasteiger charge is -2.25. The average molecular weight is 353 g/mol. The fraction of sp³-hybridized carbons (Fsp3) is 0.400. The van der Waals surface area contributed by atoms with E-state index in [1.165, 1.54) is 25.2 Å². The molecular formula is C15H19N3O3S2. The summed E-state index contributed by atoms with van der Waals surface area (Å²) in [6.45, 7) is 5.94. The quantitative estimate of drug-likeness (QED) is 0.893. The molecule has 0 aliphatic heterocycles. The lowest BCUT2D eigenvalue weighted by molar-refractivity contribution is -0.117. The van der Waals surface area contributed by atoms with Crippen LogP contribution in [0.25, 0.3) is 11.4 Å². The molecule has 0 atom stereocenters. The summed E-state index contributed by atoms with van der Waals surface area (Å²) >= 11 is 1.23. The molecule has 124 valence electrons. The molecule has 8 heteroatoms. The van der Waals surface area contributed by atoms with E-state index in [-0.39, 0.29) is 0 Å². The highest BCUT2D eigenvalue weighted by atomic mass is 32.2. The van der Waals surface area contributed by atoms with Gasteiger partial charge < -0.3 is 5.32 Å². The van der Waals surface area contributed by atoms with Crippen molar-refractivity contribution in [2.24, 2.45) is 0 Å². The number of carbonyl (C=O) groups excluding carboxylic acids is 1. The Hall–Kier alpha value is -1.80. The monoisotopic (exact) mass is 353 g/mol. The Labute approximate surface area is 139 Å². The normalized spacial score (nSPS) is 12.4. The van der Waals surface area contributed by atoms with E-state index in [2.05, 4.69) is 15.3 Å². The lowest BCUT2D eigenvalue weighted by atomic mass is 10.2. The van der Waals surface area contributed by atoms with Gasteiger partial charge in [0.25, 0.3) is 0 Å². The minimum Gasteiger partial charge on any atom is -0.301 e. The molecule has 6 nitrogen and oxygen atoms in total. The van der Waals surface area contributed by atoms with Crippen molar-refractivity contribution in [2.45, 2.75) is 37.7 Å². The van der Waals surface area contributed by atoms with Crippen molar-refractivity contribution in [3.05, 3.63) is 29.8 Å². The predicted octanol–water partition coefficient (Wildman–Crippen LogP) is 2.75. The van der Waals surface area contributed by atoms with E-state index >= 15 is 0 Å². The SMILES string of the molecule is CC(C)S(=O)(=O)C(C)(C)C(=O)Nc1nc(-c2ccccn2)cs1. The molecule has 1 N–H and O–H groups in total. The number of hydrogen-bond donors (Lipinski definition) is 1. The predicted molar refractivity (Wildman–Crippen MR) is 92.1 cm³/mol. The first-order chi connectivity index (χ1) is 10.7. The Morgan fingerprint density at radius 1 is 1.26 bits per heavy atom. The van der Waals surface area contributed by atoms with Crippen LogP contribution in [0, 0.1) is 0 Å². The zero-order chi connectivity index (χ0) is 17.3. The molecule has 0 fully saturated rings. The van der Waals surface area contributed by atoms with Gasteiger partial charge in [-0.15, -0.1) is 11.3 Å². The topological polar surface area (TPSA) is 89.0 Å². The lowest BCUT2D eigenvalue weighted by Crippen LogP contribution is -2.47. The zero-order valence-corrected chi connectivity index (χ0v) is 15.0. The maximum atomic E-state index is 12.4. The molecule has 1 amide bonds. The Balaban J connectivity index is 2.20. The van der Waals surface area contributed by atoms with Crippen LogP contribution in [0.2, 0.25) is 0 Å². The summed E-state index contributed by atoms with van der Waals surface area (Å²) in [5.74, 6) is -0.590. The van der Waals surface area contributed by atoms with Gasteiger partial charge in [0, 0.05) is 11.6 Å². The number of thiazole rings is 1. The summed E-state index contributed by atoms with van der Waals surface area (Å²) in [7, 11) is -3.59. The van der Waals surface area contributed by atoms with Crippen molar-refractivity contribution in [2.75, 3.05) is 5.32 Å². The first kappa shape index (κ1) is 17.6. The summed E-state index contributed by atoms with van der Waals surface area (Å²) in [5.41, 5.74) is 1.33. The standard InChI is InChI=1S/C15H19N3O3S2/c1-10(2)23(20,21)15(3,4)13(19)18-14-17-12(9-22-14)11-7-5-6-8-16-11/h5-10H,1-4H3,(H,17,18,19). The van der Waals surface area contributed by atoms with E-state index in [0.29, 0.717) is 16.5 Å². The molecule has 2 heterocycles. The minimum atomic E-state index is -3.59. The third kappa shape index (κ3) is 3.42. The first-order valence-corrected chi connectivity index (χ1v) is 9.50. The molecule has 0 aromatic carbocycles. The molecule has 0 saturated heterocycles. The van der Waals surface area contributed by atoms with Gasteiger partial charge in [0.15, 0.2) is 15.0 Å². The molecule has 2 aromatic heterocycles. The summed E-state index contributed by atoms with van der Waals surface area (Å²) in [6.07, 6.45) is 1.66. The molecule has 2 rings (SSSR count). The fourth-order valence-electron chi connectivity index (χ4n) is 1.93. The number of anilines is 1. The number of nitrogens with zero attached hydrogens (tertiary/aromatic N) is 2. The Kier molecular flexibility index (Phi) is 4.86. The third-order valence-corrected chi connectivity index (χ3v) is 7.14. The van der Waals surface area contributed by atoms with Gasteiger partial charge in [-0.1, -0.05) is 6.07 Å². The second-order valence-electron chi connectivity index (χ2n) is 5.81. The number of hydrogen-bond acceptors (Lipinski definition) is 6. The van der Waals surface area contributed by atoms with Crippen LogP contribution in [-0.4, -0.2) is 34.3 Å². The molecule has 2 aromatic rings. The molecule has 0 aliphatic carbocycles. The van der Waals surface area contributed by atoms with Crippen LogP contribution in [-0.2, 0) is 14.6 Å². The van der Waals surface area contributed by atoms with Crippen LogP contribution in [0.1, 0.15) is 27.7 Å². The Morgan fingerprint density at radius 3 is 2.52 bits per heavy atom. The highest BCUT2D eigenvalue weighted by Crippen LogP contribution is 2.27. The van der Waals surface area contributed by atoms with Gasteiger partial charge in [-0.2, -0.15) is 0 Å². The van der Waals surface area contributed by atoms with Gasteiger partial charge >= 0.3 is 0 Å². The molecule has 0 saturated carbocycles. The number of rotatable bonds is 5. The van der Waals surface area contributed by atoms with Crippen LogP contribution < -0.4 is 5.32 Å². The number of nitrogens with one attached hydrogen (secondary N) is 1. The molecular weight excluding hydrogens is 334 g/mol. The van der Waals surface area contributed by atoms with Gasteiger partial charge in [-0.3, -0.25) is 9.78 Å². The van der Waals surface area contributed by atoms with Crippen molar-refractivity contribution >= 4 is 32.2 Å². The number of aromatic nitrogens is 2. The van der Waals surface area contributed by atoms with Crippen LogP contribution in [0.4, 0.5) is 5.13 Å². The van der Waals surface area contributed by atoms with Crippen LogP contribution in [0.15, 0.2) is 29.8 Å². The summed E-state index contributed by atoms with van der Waals surface area (Å²) < 4.78 is 23.1. The van der Waals surface area contributed by atoms with Crippen LogP contribution in [0.3, 0.4) is 0 Å². The van der Waals surface area contributed by atoms with Gasteiger partial charge in [0.2, 0.25) is 5.91 Å². The average Bonchev–Trinajstić information content (AvgIpc) is 2.96. The summed E-state index contributed by atoms with van der Waals surface area (Å²) in [6, 6.07) is 5.46. The maximum Gasteiger partial charge on any atom is 0.247 e. The first-order valence-electron chi connectivity index (χ1n) is 7.08. The molecule has 0 bridgehead atoms. The Morgan fingerprint density at radius 2 is 1.96 bits per heavy atom. The van der Waals surface area contributed by atoms with Crippen molar-refractivity contribution in [3.63, 3.8) is 0 Å². The summed E-state index contributed by atoms with van der Waals surface area (Å²) in [5, 5.41) is 4.07. The van der Waals surface area contributed by atoms with E-state index in [1.807, 2.05) is 12.1 Å². The zero-order valence-electron chi connectivity index (χ0n) is 13.4. The molecule has 23 heavy (non-hydrogen) atoms. The van der Waals surface area contributed by atoms with Crippen molar-refractivity contribution < 1.29 is 13.2 Å². The van der Waals surface area contributed by atoms with Crippen LogP contribution >= 0.6 is 11.3 Å². The Bertz CT molecular complexity index is 796. The molecule has 0 unspecified atom stereocenters. The van der Waals surface area contributed by atoms with Crippen molar-refractivity contribution in [1.29, 1.82) is 0 Å². The number of pyridine rings is 1. The molecule has 0 spiro atoms. The smallest absolute Gasteiger partial charge is 0.247 e. The second kappa shape index (κ2) is 6.37. The maximum absolute atomic E-state index is 12.4. The number of carbonyl (C=O) groups is 1. The van der Waals surface area contributed by atoms with E-state index in [1.54, 1.807) is 31.5 Å². The van der Waals surface area contributed by atoms with Gasteiger partial charge in [0.05, 0.1) is 10.9 Å². The molecule has 0 aliphatic rings.